The maximum Gasteiger partial charge on any atom is 0.166 e. The van der Waals surface area contributed by atoms with Crippen LogP contribution in [0.25, 0.3) is 10.9 Å². The number of hydrogen-bond acceptors (Lipinski definition) is 3. The molecule has 18 heavy (non-hydrogen) atoms. The van der Waals surface area contributed by atoms with Crippen LogP contribution >= 0.6 is 0 Å². The van der Waals surface area contributed by atoms with Gasteiger partial charge in [-0.3, -0.25) is 0 Å². The zero-order valence-electron chi connectivity index (χ0n) is 11.4. The van der Waals surface area contributed by atoms with Crippen molar-refractivity contribution in [2.75, 3.05) is 12.8 Å². The van der Waals surface area contributed by atoms with E-state index in [2.05, 4.69) is 37.9 Å². The number of aromatic nitrogens is 1. The lowest BCUT2D eigenvalue weighted by Crippen LogP contribution is -2.09. The van der Waals surface area contributed by atoms with E-state index in [1.54, 1.807) is 7.11 Å². The van der Waals surface area contributed by atoms with Gasteiger partial charge in [-0.1, -0.05) is 26.8 Å². The molecule has 2 aromatic rings. The summed E-state index contributed by atoms with van der Waals surface area (Å²) in [6.45, 7) is 6.71. The van der Waals surface area contributed by atoms with Crippen molar-refractivity contribution in [3.05, 3.63) is 29.8 Å². The molecule has 0 atom stereocenters. The Balaban J connectivity index is 2.47. The standard InChI is InChI=1S/C15H20N2O/c1-15(2,3)9-10-5-6-12-11(7-10)8-13(18-4)14(16)17-12/h5-8H,9H2,1-4H3,(H2,16,17). The van der Waals surface area contributed by atoms with E-state index in [1.807, 2.05) is 12.1 Å². The molecule has 0 amide bonds. The molecule has 0 aliphatic rings. The molecular weight excluding hydrogens is 224 g/mol. The summed E-state index contributed by atoms with van der Waals surface area (Å²) in [5.41, 5.74) is 8.29. The van der Waals surface area contributed by atoms with Crippen molar-refractivity contribution in [3.63, 3.8) is 0 Å². The molecule has 0 radical (unpaired) electrons. The Morgan fingerprint density at radius 2 is 1.94 bits per heavy atom. The zero-order chi connectivity index (χ0) is 13.3. The first-order chi connectivity index (χ1) is 8.39. The van der Waals surface area contributed by atoms with Crippen LogP contribution in [0.3, 0.4) is 0 Å². The molecule has 1 aromatic carbocycles. The highest BCUT2D eigenvalue weighted by atomic mass is 16.5. The Labute approximate surface area is 108 Å². The Morgan fingerprint density at radius 1 is 1.22 bits per heavy atom. The first kappa shape index (κ1) is 12.7. The second kappa shape index (κ2) is 4.48. The van der Waals surface area contributed by atoms with Crippen LogP contribution < -0.4 is 10.5 Å². The van der Waals surface area contributed by atoms with E-state index in [0.717, 1.165) is 17.3 Å². The fourth-order valence-corrected chi connectivity index (χ4v) is 2.11. The van der Waals surface area contributed by atoms with Crippen molar-refractivity contribution in [3.8, 4) is 5.75 Å². The largest absolute Gasteiger partial charge is 0.493 e. The van der Waals surface area contributed by atoms with Crippen molar-refractivity contribution in [1.82, 2.24) is 4.98 Å². The molecule has 1 heterocycles. The summed E-state index contributed by atoms with van der Waals surface area (Å²) in [5.74, 6) is 1.07. The van der Waals surface area contributed by atoms with Gasteiger partial charge in [-0.25, -0.2) is 4.98 Å². The molecule has 0 aliphatic carbocycles. The van der Waals surface area contributed by atoms with Crippen LogP contribution in [0.15, 0.2) is 24.3 Å². The number of benzene rings is 1. The van der Waals surface area contributed by atoms with Gasteiger partial charge in [0, 0.05) is 5.39 Å². The Morgan fingerprint density at radius 3 is 2.56 bits per heavy atom. The van der Waals surface area contributed by atoms with Gasteiger partial charge < -0.3 is 10.5 Å². The van der Waals surface area contributed by atoms with E-state index in [9.17, 15) is 0 Å². The highest BCUT2D eigenvalue weighted by Crippen LogP contribution is 2.27. The molecule has 0 saturated heterocycles. The molecule has 0 unspecified atom stereocenters. The fourth-order valence-electron chi connectivity index (χ4n) is 2.11. The van der Waals surface area contributed by atoms with Crippen molar-refractivity contribution in [2.45, 2.75) is 27.2 Å². The summed E-state index contributed by atoms with van der Waals surface area (Å²) in [4.78, 5) is 4.34. The van der Waals surface area contributed by atoms with E-state index >= 15 is 0 Å². The molecule has 0 spiro atoms. The molecule has 3 nitrogen and oxygen atoms in total. The van der Waals surface area contributed by atoms with Crippen LogP contribution in [0.1, 0.15) is 26.3 Å². The number of anilines is 1. The minimum Gasteiger partial charge on any atom is -0.493 e. The summed E-state index contributed by atoms with van der Waals surface area (Å²) >= 11 is 0. The van der Waals surface area contributed by atoms with Gasteiger partial charge in [-0.05, 0) is 35.6 Å². The number of pyridine rings is 1. The number of fused-ring (bicyclic) bond motifs is 1. The number of ether oxygens (including phenoxy) is 1. The Hall–Kier alpha value is -1.77. The van der Waals surface area contributed by atoms with E-state index in [1.165, 1.54) is 5.56 Å². The summed E-state index contributed by atoms with van der Waals surface area (Å²) in [6.07, 6.45) is 1.04. The van der Waals surface area contributed by atoms with Gasteiger partial charge in [0.15, 0.2) is 11.6 Å². The van der Waals surface area contributed by atoms with Crippen LogP contribution in [-0.4, -0.2) is 12.1 Å². The highest BCUT2D eigenvalue weighted by Gasteiger charge is 2.12. The smallest absolute Gasteiger partial charge is 0.166 e. The highest BCUT2D eigenvalue weighted by molar-refractivity contribution is 5.83. The SMILES string of the molecule is COc1cc2cc(CC(C)(C)C)ccc2nc1N. The third-order valence-corrected chi connectivity index (χ3v) is 2.83. The van der Waals surface area contributed by atoms with Gasteiger partial charge in [0.2, 0.25) is 0 Å². The molecule has 2 N–H and O–H groups in total. The fraction of sp³-hybridized carbons (Fsp3) is 0.400. The van der Waals surface area contributed by atoms with Gasteiger partial charge in [-0.2, -0.15) is 0 Å². The number of hydrogen-bond donors (Lipinski definition) is 1. The summed E-state index contributed by atoms with van der Waals surface area (Å²) in [7, 11) is 1.61. The minimum atomic E-state index is 0.277. The molecule has 0 aliphatic heterocycles. The number of nitrogens with zero attached hydrogens (tertiary/aromatic N) is 1. The van der Waals surface area contributed by atoms with Crippen LogP contribution in [0, 0.1) is 5.41 Å². The van der Waals surface area contributed by atoms with Crippen molar-refractivity contribution >= 4 is 16.7 Å². The normalized spacial score (nSPS) is 11.8. The van der Waals surface area contributed by atoms with Gasteiger partial charge >= 0.3 is 0 Å². The molecule has 3 heteroatoms. The first-order valence-electron chi connectivity index (χ1n) is 6.12. The predicted octanol–water partition coefficient (Wildman–Crippen LogP) is 3.41. The molecule has 96 valence electrons. The van der Waals surface area contributed by atoms with Gasteiger partial charge in [0.05, 0.1) is 12.6 Å². The van der Waals surface area contributed by atoms with E-state index in [0.29, 0.717) is 11.6 Å². The third-order valence-electron chi connectivity index (χ3n) is 2.83. The lowest BCUT2D eigenvalue weighted by Gasteiger charge is -2.18. The molecule has 0 saturated carbocycles. The average Bonchev–Trinajstić information content (AvgIpc) is 2.26. The maximum absolute atomic E-state index is 5.80. The van der Waals surface area contributed by atoms with Crippen LogP contribution in [0.2, 0.25) is 0 Å². The van der Waals surface area contributed by atoms with Crippen molar-refractivity contribution < 1.29 is 4.74 Å². The van der Waals surface area contributed by atoms with E-state index < -0.39 is 0 Å². The predicted molar refractivity (Wildman–Crippen MR) is 75.9 cm³/mol. The number of methoxy groups -OCH3 is 1. The van der Waals surface area contributed by atoms with Gasteiger partial charge in [-0.15, -0.1) is 0 Å². The monoisotopic (exact) mass is 244 g/mol. The number of nitrogens with two attached hydrogens (primary N) is 1. The summed E-state index contributed by atoms with van der Waals surface area (Å²) < 4.78 is 5.21. The maximum atomic E-state index is 5.80. The Kier molecular flexibility index (Phi) is 3.16. The van der Waals surface area contributed by atoms with Gasteiger partial charge in [0.1, 0.15) is 0 Å². The minimum absolute atomic E-state index is 0.277. The van der Waals surface area contributed by atoms with E-state index in [4.69, 9.17) is 10.5 Å². The molecular formula is C15H20N2O. The average molecular weight is 244 g/mol. The second-order valence-corrected chi connectivity index (χ2v) is 5.84. The molecule has 1 aromatic heterocycles. The zero-order valence-corrected chi connectivity index (χ0v) is 11.4. The first-order valence-corrected chi connectivity index (χ1v) is 6.12. The lowest BCUT2D eigenvalue weighted by molar-refractivity contribution is 0.411. The quantitative estimate of drug-likeness (QED) is 0.880. The summed E-state index contributed by atoms with van der Waals surface area (Å²) in [5, 5.41) is 1.07. The van der Waals surface area contributed by atoms with E-state index in [-0.39, 0.29) is 5.41 Å². The topological polar surface area (TPSA) is 48.1 Å². The number of rotatable bonds is 2. The molecule has 0 fully saturated rings. The van der Waals surface area contributed by atoms with Crippen LogP contribution in [0.4, 0.5) is 5.82 Å². The summed E-state index contributed by atoms with van der Waals surface area (Å²) in [6, 6.07) is 8.25. The Bertz CT molecular complexity index is 570. The molecule has 2 rings (SSSR count). The van der Waals surface area contributed by atoms with Gasteiger partial charge in [0.25, 0.3) is 0 Å². The lowest BCUT2D eigenvalue weighted by atomic mass is 9.88. The molecule has 0 bridgehead atoms. The number of nitrogen functional groups attached to an aromatic ring is 1. The van der Waals surface area contributed by atoms with Crippen molar-refractivity contribution in [2.24, 2.45) is 5.41 Å². The third kappa shape index (κ3) is 2.73. The van der Waals surface area contributed by atoms with Crippen LogP contribution in [-0.2, 0) is 6.42 Å². The van der Waals surface area contributed by atoms with Crippen LogP contribution in [0.5, 0.6) is 5.75 Å². The second-order valence-electron chi connectivity index (χ2n) is 5.84. The van der Waals surface area contributed by atoms with Crippen molar-refractivity contribution in [1.29, 1.82) is 0 Å².